The summed E-state index contributed by atoms with van der Waals surface area (Å²) in [5.41, 5.74) is 3.91. The van der Waals surface area contributed by atoms with Crippen molar-refractivity contribution in [1.82, 2.24) is 0 Å². The number of hydrogen-bond acceptors (Lipinski definition) is 7. The first-order chi connectivity index (χ1) is 21.0. The minimum atomic E-state index is -3.99. The van der Waals surface area contributed by atoms with E-state index in [0.717, 1.165) is 42.0 Å². The molecule has 0 fully saturated rings. The molecule has 0 atom stereocenters. The second-order valence-electron chi connectivity index (χ2n) is 11.1. The number of hydrogen-bond donors (Lipinski definition) is 4. The van der Waals surface area contributed by atoms with Crippen molar-refractivity contribution in [1.29, 1.82) is 0 Å². The van der Waals surface area contributed by atoms with E-state index in [1.165, 1.54) is 30.3 Å². The van der Waals surface area contributed by atoms with Crippen LogP contribution < -0.4 is 11.1 Å². The average molecular weight is 629 g/mol. The Labute approximate surface area is 258 Å². The summed E-state index contributed by atoms with van der Waals surface area (Å²) in [6.45, 7) is 5.86. The Morgan fingerprint density at radius 3 is 1.71 bits per heavy atom. The van der Waals surface area contributed by atoms with Crippen LogP contribution in [0.15, 0.2) is 94.7 Å². The van der Waals surface area contributed by atoms with Crippen molar-refractivity contribution in [3.05, 3.63) is 124 Å². The van der Waals surface area contributed by atoms with E-state index in [0.29, 0.717) is 0 Å². The van der Waals surface area contributed by atoms with E-state index in [2.05, 4.69) is 5.32 Å². The van der Waals surface area contributed by atoms with Gasteiger partial charge in [-0.05, 0) is 65.6 Å². The summed E-state index contributed by atoms with van der Waals surface area (Å²) in [4.78, 5) is 61.7. The largest absolute Gasteiger partial charge is 0.478 e. The maximum atomic E-state index is 13.5. The Morgan fingerprint density at radius 2 is 1.18 bits per heavy atom. The number of nitrogens with two attached hydrogens (primary N) is 1. The van der Waals surface area contributed by atoms with Crippen molar-refractivity contribution in [2.75, 3.05) is 5.32 Å². The van der Waals surface area contributed by atoms with Crippen molar-refractivity contribution < 1.29 is 42.6 Å². The van der Waals surface area contributed by atoms with Gasteiger partial charge in [0.2, 0.25) is 15.7 Å². The highest BCUT2D eigenvalue weighted by Crippen LogP contribution is 2.29. The molecule has 2 amide bonds. The zero-order valence-electron chi connectivity index (χ0n) is 24.3. The molecule has 0 spiro atoms. The lowest BCUT2D eigenvalue weighted by molar-refractivity contribution is 0.0683. The highest BCUT2D eigenvalue weighted by Gasteiger charge is 2.24. The fourth-order valence-electron chi connectivity index (χ4n) is 4.51. The fourth-order valence-corrected chi connectivity index (χ4v) is 5.86. The number of amides is 2. The lowest BCUT2D eigenvalue weighted by Gasteiger charge is -2.19. The number of carboxylic acid groups (broad SMARTS) is 2. The van der Waals surface area contributed by atoms with Gasteiger partial charge < -0.3 is 21.3 Å². The Morgan fingerprint density at radius 1 is 0.667 bits per heavy atom. The van der Waals surface area contributed by atoms with Crippen LogP contribution >= 0.6 is 0 Å². The molecule has 0 saturated heterocycles. The molecule has 0 saturated carbocycles. The van der Waals surface area contributed by atoms with E-state index in [1.807, 2.05) is 26.8 Å². The molecule has 0 bridgehead atoms. The molecule has 45 heavy (non-hydrogen) atoms. The van der Waals surface area contributed by atoms with Crippen molar-refractivity contribution in [2.24, 2.45) is 5.73 Å². The standard InChI is InChI=1S/C33H28N2O9S/c1-33(2,3)20-6-4-8-22(16-20)45(43,44)23-9-5-7-21(17-23)35-30(38)27-15-19(11-13-25(27)32(41)42)28(36)18-10-12-24(31(39)40)26(14-18)29(34)37/h4-17H,1-3H3,(H2,34,37)(H,35,38)(H,39,40)(H,41,42). The Balaban J connectivity index is 1.68. The third-order valence-corrected chi connectivity index (χ3v) is 8.70. The molecule has 0 unspecified atom stereocenters. The van der Waals surface area contributed by atoms with Crippen LogP contribution in [0.5, 0.6) is 0 Å². The molecular formula is C33H28N2O9S. The fraction of sp³-hybridized carbons (Fsp3) is 0.121. The maximum absolute atomic E-state index is 13.5. The number of sulfone groups is 1. The second-order valence-corrected chi connectivity index (χ2v) is 13.0. The minimum absolute atomic E-state index is 0.0523. The minimum Gasteiger partial charge on any atom is -0.478 e. The van der Waals surface area contributed by atoms with E-state index < -0.39 is 61.6 Å². The van der Waals surface area contributed by atoms with Crippen LogP contribution in [-0.4, -0.2) is 48.2 Å². The molecule has 0 heterocycles. The van der Waals surface area contributed by atoms with Crippen LogP contribution in [0.4, 0.5) is 5.69 Å². The molecule has 0 aromatic heterocycles. The van der Waals surface area contributed by atoms with Gasteiger partial charge in [-0.2, -0.15) is 0 Å². The molecular weight excluding hydrogens is 600 g/mol. The smallest absolute Gasteiger partial charge is 0.336 e. The van der Waals surface area contributed by atoms with Gasteiger partial charge in [0.1, 0.15) is 0 Å². The van der Waals surface area contributed by atoms with Crippen molar-refractivity contribution in [2.45, 2.75) is 36.0 Å². The summed E-state index contributed by atoms with van der Waals surface area (Å²) >= 11 is 0. The van der Waals surface area contributed by atoms with Crippen LogP contribution in [0.3, 0.4) is 0 Å². The number of rotatable bonds is 9. The molecule has 230 valence electrons. The third-order valence-electron chi connectivity index (χ3n) is 6.95. The number of ketones is 1. The molecule has 0 aliphatic carbocycles. The van der Waals surface area contributed by atoms with Crippen molar-refractivity contribution in [3.8, 4) is 0 Å². The normalized spacial score (nSPS) is 11.4. The van der Waals surface area contributed by atoms with Gasteiger partial charge in [0.25, 0.3) is 5.91 Å². The summed E-state index contributed by atoms with van der Waals surface area (Å²) < 4.78 is 26.9. The summed E-state index contributed by atoms with van der Waals surface area (Å²) in [5.74, 6) is -5.65. The zero-order valence-corrected chi connectivity index (χ0v) is 25.1. The van der Waals surface area contributed by atoms with Gasteiger partial charge in [-0.1, -0.05) is 51.1 Å². The van der Waals surface area contributed by atoms with Gasteiger partial charge in [-0.3, -0.25) is 14.4 Å². The predicted octanol–water partition coefficient (Wildman–Crippen LogP) is 4.80. The van der Waals surface area contributed by atoms with Gasteiger partial charge in [0.15, 0.2) is 5.78 Å². The Hall–Kier alpha value is -5.62. The van der Waals surface area contributed by atoms with Crippen LogP contribution in [0.25, 0.3) is 0 Å². The molecule has 12 heteroatoms. The number of benzene rings is 4. The summed E-state index contributed by atoms with van der Waals surface area (Å²) in [5, 5.41) is 21.5. The third kappa shape index (κ3) is 6.81. The monoisotopic (exact) mass is 628 g/mol. The van der Waals surface area contributed by atoms with Crippen LogP contribution in [-0.2, 0) is 15.3 Å². The highest BCUT2D eigenvalue weighted by molar-refractivity contribution is 7.91. The van der Waals surface area contributed by atoms with Gasteiger partial charge in [-0.15, -0.1) is 0 Å². The molecule has 4 aromatic rings. The second kappa shape index (κ2) is 12.2. The molecule has 4 rings (SSSR count). The van der Waals surface area contributed by atoms with Crippen molar-refractivity contribution >= 4 is 45.1 Å². The van der Waals surface area contributed by atoms with E-state index in [1.54, 1.807) is 12.1 Å². The number of carbonyl (C=O) groups is 5. The van der Waals surface area contributed by atoms with Gasteiger partial charge >= 0.3 is 11.9 Å². The predicted molar refractivity (Wildman–Crippen MR) is 164 cm³/mol. The number of nitrogens with one attached hydrogen (secondary N) is 1. The van der Waals surface area contributed by atoms with E-state index >= 15 is 0 Å². The topological polar surface area (TPSA) is 198 Å². The molecule has 5 N–H and O–H groups in total. The Kier molecular flexibility index (Phi) is 8.73. The first kappa shape index (κ1) is 32.3. The zero-order chi connectivity index (χ0) is 33.3. The molecule has 0 radical (unpaired) electrons. The summed E-state index contributed by atoms with van der Waals surface area (Å²) in [7, 11) is -3.99. The lowest BCUT2D eigenvalue weighted by atomic mass is 9.87. The molecule has 4 aromatic carbocycles. The molecule has 11 nitrogen and oxygen atoms in total. The number of anilines is 1. The number of carbonyl (C=O) groups excluding carboxylic acids is 3. The molecule has 0 aliphatic rings. The van der Waals surface area contributed by atoms with E-state index in [9.17, 15) is 42.6 Å². The van der Waals surface area contributed by atoms with E-state index in [-0.39, 0.29) is 32.0 Å². The van der Waals surface area contributed by atoms with E-state index in [4.69, 9.17) is 5.73 Å². The SMILES string of the molecule is CC(C)(C)c1cccc(S(=O)(=O)c2cccc(NC(=O)c3cc(C(=O)c4ccc(C(=O)O)c(C(N)=O)c4)ccc3C(=O)O)c2)c1. The first-order valence-corrected chi connectivity index (χ1v) is 14.9. The van der Waals surface area contributed by atoms with Crippen molar-refractivity contribution in [3.63, 3.8) is 0 Å². The molecule has 0 aliphatic heterocycles. The average Bonchev–Trinajstić information content (AvgIpc) is 2.99. The lowest BCUT2D eigenvalue weighted by Crippen LogP contribution is -2.19. The quantitative estimate of drug-likeness (QED) is 0.188. The van der Waals surface area contributed by atoms with Crippen LogP contribution in [0, 0.1) is 0 Å². The number of primary amides is 1. The highest BCUT2D eigenvalue weighted by atomic mass is 32.2. The van der Waals surface area contributed by atoms with Gasteiger partial charge in [0.05, 0.1) is 32.0 Å². The van der Waals surface area contributed by atoms with Gasteiger partial charge in [-0.25, -0.2) is 18.0 Å². The summed E-state index contributed by atoms with van der Waals surface area (Å²) in [6.07, 6.45) is 0. The Bertz CT molecular complexity index is 2010. The number of carboxylic acids is 2. The van der Waals surface area contributed by atoms with Crippen LogP contribution in [0.1, 0.15) is 83.7 Å². The number of aromatic carboxylic acids is 2. The van der Waals surface area contributed by atoms with Crippen LogP contribution in [0.2, 0.25) is 0 Å². The summed E-state index contributed by atoms with van der Waals surface area (Å²) in [6, 6.07) is 18.4. The first-order valence-electron chi connectivity index (χ1n) is 13.4. The maximum Gasteiger partial charge on any atom is 0.336 e. The van der Waals surface area contributed by atoms with Gasteiger partial charge in [0, 0.05) is 16.8 Å².